The summed E-state index contributed by atoms with van der Waals surface area (Å²) in [5.74, 6) is -5.87. The number of nitrogens with one attached hydrogen (secondary N) is 2. The van der Waals surface area contributed by atoms with E-state index in [2.05, 4.69) is 34.8 Å². The zero-order chi connectivity index (χ0) is 65.9. The number of benzene rings is 7. The van der Waals surface area contributed by atoms with E-state index in [4.69, 9.17) is 9.47 Å². The number of aromatic nitrogens is 1. The molecule has 8 aromatic rings. The molecule has 0 spiro atoms. The van der Waals surface area contributed by atoms with E-state index in [1.165, 1.54) is 36.4 Å². The lowest BCUT2D eigenvalue weighted by atomic mass is 9.75. The lowest BCUT2D eigenvalue weighted by Crippen LogP contribution is -3.00. The molecular formula is C76H88ClF2N6O10-. The average molecular weight is 1320 g/mol. The molecule has 2 aliphatic rings. The van der Waals surface area contributed by atoms with Crippen molar-refractivity contribution in [3.63, 3.8) is 0 Å². The third kappa shape index (κ3) is 22.9. The molecule has 0 saturated carbocycles. The van der Waals surface area contributed by atoms with Gasteiger partial charge in [-0.3, -0.25) is 28.8 Å². The molecule has 2 aliphatic heterocycles. The molecule has 0 aliphatic carbocycles. The van der Waals surface area contributed by atoms with Gasteiger partial charge in [-0.05, 0) is 101 Å². The van der Waals surface area contributed by atoms with Crippen molar-refractivity contribution in [1.82, 2.24) is 14.4 Å². The summed E-state index contributed by atoms with van der Waals surface area (Å²) in [6.07, 6.45) is 0.845. The van der Waals surface area contributed by atoms with Crippen molar-refractivity contribution in [3.05, 3.63) is 240 Å². The van der Waals surface area contributed by atoms with Crippen LogP contribution in [-0.2, 0) is 46.4 Å². The number of carbonyl (C=O) groups is 7. The van der Waals surface area contributed by atoms with E-state index in [1.807, 2.05) is 82.6 Å². The van der Waals surface area contributed by atoms with Crippen LogP contribution in [-0.4, -0.2) is 115 Å². The fourth-order valence-corrected chi connectivity index (χ4v) is 10.8. The molecule has 4 amide bonds. The van der Waals surface area contributed by atoms with Gasteiger partial charge in [0.1, 0.15) is 23.3 Å². The zero-order valence-electron chi connectivity index (χ0n) is 52.8. The predicted octanol–water partition coefficient (Wildman–Crippen LogP) is 8.59. The van der Waals surface area contributed by atoms with Gasteiger partial charge in [0.2, 0.25) is 17.7 Å². The summed E-state index contributed by atoms with van der Waals surface area (Å²) < 4.78 is 40.1. The summed E-state index contributed by atoms with van der Waals surface area (Å²) in [6, 6.07) is 57.1. The summed E-state index contributed by atoms with van der Waals surface area (Å²) in [4.78, 5) is 92.3. The second-order valence-corrected chi connectivity index (χ2v) is 22.5. The molecule has 3 heterocycles. The van der Waals surface area contributed by atoms with Gasteiger partial charge >= 0.3 is 0 Å². The highest BCUT2D eigenvalue weighted by Crippen LogP contribution is 2.43. The molecule has 0 radical (unpaired) electrons. The zero-order valence-corrected chi connectivity index (χ0v) is 53.6. The third-order valence-corrected chi connectivity index (χ3v) is 15.3. The second kappa shape index (κ2) is 39.9. The Morgan fingerprint density at radius 3 is 1.46 bits per heavy atom. The first-order valence-corrected chi connectivity index (χ1v) is 30.9. The normalized spacial score (nSPS) is 12.9. The highest BCUT2D eigenvalue weighted by atomic mass is 35.5. The molecule has 1 aromatic heterocycles. The number of ketones is 2. The molecule has 0 bridgehead atoms. The standard InChI is InChI=1S/C33H34FN3O3.C26H24FNO3.C8H8O2.C7H14N2O2.2CH4.ClH/c1-23(2)31-30(33(39)35-27-11-7-4-8-12-27)29(24-9-5-3-6-10-24)32(25-13-15-26(34)16-14-25)37(31)18-17-28(38)36-19-21-40-22-20-36;1-17(2)24(29)23(26(31)28-21-11-7-4-8-12-21)22(18-9-5-3-6-10-18)25(30)19-13-15-20(27)16-14-19;9-8(10)6-7-4-2-1-3-5-7;8-2-1-7(10)9-3-5-11-6-4-9;;;/h3-16,23H,17-22H2,1-2H3,(H,35,39);3-17,22-23H,1-2H3,(H,28,31);1-5H,6H2,(H,9,10);1-6,8H2;2*1H4;1H/p-1. The molecule has 2 unspecified atom stereocenters. The number of carboxylic acid groups (broad SMARTS) is 1. The maximum atomic E-state index is 14.1. The van der Waals surface area contributed by atoms with E-state index in [0.717, 1.165) is 46.7 Å². The van der Waals surface area contributed by atoms with Gasteiger partial charge < -0.3 is 62.5 Å². The Kier molecular flexibility index (Phi) is 32.8. The number of carboxylic acids is 1. The van der Waals surface area contributed by atoms with Crippen molar-refractivity contribution < 1.29 is 75.1 Å². The van der Waals surface area contributed by atoms with Crippen LogP contribution in [0.15, 0.2) is 200 Å². The topological polar surface area (TPSA) is 224 Å². The number of hydrogen-bond donors (Lipinski definition) is 3. The van der Waals surface area contributed by atoms with Gasteiger partial charge in [0.05, 0.1) is 56.6 Å². The van der Waals surface area contributed by atoms with Gasteiger partial charge in [-0.2, -0.15) is 0 Å². The van der Waals surface area contributed by atoms with Crippen molar-refractivity contribution >= 4 is 52.5 Å². The highest BCUT2D eigenvalue weighted by molar-refractivity contribution is 6.15. The molecule has 7 aromatic carbocycles. The van der Waals surface area contributed by atoms with Crippen LogP contribution in [0.5, 0.6) is 0 Å². The van der Waals surface area contributed by atoms with Crippen LogP contribution in [0.1, 0.15) is 105 Å². The van der Waals surface area contributed by atoms with Crippen LogP contribution in [0.4, 0.5) is 20.2 Å². The summed E-state index contributed by atoms with van der Waals surface area (Å²) in [6.45, 7) is 13.7. The SMILES string of the molecule is C.C.CC(C)C(=O)C(C(=O)Nc1ccccc1)C(C(=O)c1ccc(F)cc1)c1ccccc1.CC(C)c1c(C(=O)Nc2ccccc2)c(-c2ccccc2)c(-c2ccc(F)cc2)n1CCC(=O)N1CCOCC1.O=C([O-])Cc1ccccc1.[Cl-].[NH3+]CCC(=O)N1CCOCC1. The number of ether oxygens (including phenoxy) is 2. The number of halogens is 3. The molecule has 19 heteroatoms. The Hall–Kier alpha value is -9.46. The largest absolute Gasteiger partial charge is 1.00 e. The first-order chi connectivity index (χ1) is 44.4. The Morgan fingerprint density at radius 1 is 0.558 bits per heavy atom. The lowest BCUT2D eigenvalue weighted by molar-refractivity contribution is -0.366. The van der Waals surface area contributed by atoms with Gasteiger partial charge in [-0.15, -0.1) is 0 Å². The van der Waals surface area contributed by atoms with E-state index in [9.17, 15) is 47.4 Å². The molecule has 504 valence electrons. The monoisotopic (exact) mass is 1320 g/mol. The van der Waals surface area contributed by atoms with Crippen LogP contribution in [0.25, 0.3) is 22.4 Å². The lowest BCUT2D eigenvalue weighted by Gasteiger charge is -2.27. The summed E-state index contributed by atoms with van der Waals surface area (Å²) in [7, 11) is 0. The van der Waals surface area contributed by atoms with Gasteiger partial charge in [-0.25, -0.2) is 8.78 Å². The quantitative estimate of drug-likeness (QED) is 0.0487. The number of anilines is 2. The Labute approximate surface area is 563 Å². The minimum atomic E-state index is -1.24. The number of amides is 4. The number of rotatable bonds is 20. The van der Waals surface area contributed by atoms with Crippen molar-refractivity contribution in [2.24, 2.45) is 11.8 Å². The number of aliphatic carboxylic acids is 1. The van der Waals surface area contributed by atoms with Gasteiger partial charge in [0.15, 0.2) is 5.78 Å². The number of quaternary nitrogens is 1. The minimum absolute atomic E-state index is 0. The van der Waals surface area contributed by atoms with Crippen molar-refractivity contribution in [2.45, 2.75) is 80.2 Å². The first kappa shape index (κ1) is 78.0. The van der Waals surface area contributed by atoms with Gasteiger partial charge in [0.25, 0.3) is 5.91 Å². The Balaban J connectivity index is 0.000000307. The Bertz CT molecular complexity index is 3670. The molecule has 2 saturated heterocycles. The first-order valence-electron chi connectivity index (χ1n) is 30.9. The number of Topliss-reactive ketones (excluding diaryl/α,β-unsaturated/α-hetero) is 2. The number of para-hydroxylation sites is 2. The van der Waals surface area contributed by atoms with Gasteiger partial charge in [-0.1, -0.05) is 170 Å². The third-order valence-electron chi connectivity index (χ3n) is 15.3. The van der Waals surface area contributed by atoms with Gasteiger partial charge in [0, 0.05) is 85.6 Å². The molecule has 10 rings (SSSR count). The van der Waals surface area contributed by atoms with Crippen LogP contribution < -0.4 is 33.9 Å². The Morgan fingerprint density at radius 2 is 1.00 bits per heavy atom. The maximum Gasteiger partial charge on any atom is 0.258 e. The average Bonchev–Trinajstić information content (AvgIpc) is 1.60. The van der Waals surface area contributed by atoms with Crippen LogP contribution in [0, 0.1) is 23.5 Å². The van der Waals surface area contributed by atoms with Crippen LogP contribution >= 0.6 is 0 Å². The fraction of sp³-hybridized carbons (Fsp3) is 0.303. The molecule has 2 fully saturated rings. The second-order valence-electron chi connectivity index (χ2n) is 22.5. The van der Waals surface area contributed by atoms with E-state index in [1.54, 1.807) is 105 Å². The minimum Gasteiger partial charge on any atom is -1.00 e. The number of nitrogens with zero attached hydrogens (tertiary/aromatic N) is 3. The molecule has 2 atom stereocenters. The molecule has 5 N–H and O–H groups in total. The summed E-state index contributed by atoms with van der Waals surface area (Å²) in [5, 5.41) is 15.9. The van der Waals surface area contributed by atoms with Crippen molar-refractivity contribution in [3.8, 4) is 22.4 Å². The number of morpholine rings is 2. The predicted molar refractivity (Wildman–Crippen MR) is 362 cm³/mol. The maximum absolute atomic E-state index is 14.1. The smallest absolute Gasteiger partial charge is 0.258 e. The highest BCUT2D eigenvalue weighted by Gasteiger charge is 2.41. The van der Waals surface area contributed by atoms with E-state index >= 15 is 0 Å². The van der Waals surface area contributed by atoms with Crippen molar-refractivity contribution in [1.29, 1.82) is 0 Å². The van der Waals surface area contributed by atoms with Crippen LogP contribution in [0.2, 0.25) is 0 Å². The fourth-order valence-electron chi connectivity index (χ4n) is 10.8. The molecule has 95 heavy (non-hydrogen) atoms. The van der Waals surface area contributed by atoms with Crippen LogP contribution in [0.3, 0.4) is 0 Å². The van der Waals surface area contributed by atoms with E-state index < -0.39 is 41.2 Å². The summed E-state index contributed by atoms with van der Waals surface area (Å²) in [5.41, 5.74) is 11.1. The summed E-state index contributed by atoms with van der Waals surface area (Å²) >= 11 is 0. The molecule has 16 nitrogen and oxygen atoms in total. The molecular weight excluding hydrogens is 1230 g/mol. The number of hydrogen-bond acceptors (Lipinski definition) is 10. The van der Waals surface area contributed by atoms with E-state index in [-0.39, 0.29) is 80.9 Å². The number of carbonyl (C=O) groups excluding carboxylic acids is 7. The van der Waals surface area contributed by atoms with E-state index in [0.29, 0.717) is 81.5 Å². The van der Waals surface area contributed by atoms with Crippen molar-refractivity contribution in [2.75, 3.05) is 69.8 Å².